The molecule has 1 heterocycles. The molecule has 144 valence electrons. The molecule has 8 heteroatoms. The van der Waals surface area contributed by atoms with E-state index in [0.29, 0.717) is 32.8 Å². The van der Waals surface area contributed by atoms with Gasteiger partial charge in [0.1, 0.15) is 5.58 Å². The van der Waals surface area contributed by atoms with Crippen LogP contribution < -0.4 is 10.6 Å². The first kappa shape index (κ1) is 19.4. The largest absolute Gasteiger partial charge is 0.450 e. The number of anilines is 1. The van der Waals surface area contributed by atoms with Gasteiger partial charge in [0.15, 0.2) is 6.61 Å². The quantitative estimate of drug-likeness (QED) is 0.638. The molecular formula is C20H17ClN2O5. The number of benzene rings is 2. The summed E-state index contributed by atoms with van der Waals surface area (Å²) in [6.45, 7) is 1.24. The molecule has 0 fully saturated rings. The van der Waals surface area contributed by atoms with Crippen molar-refractivity contribution in [3.63, 3.8) is 0 Å². The van der Waals surface area contributed by atoms with Crippen LogP contribution in [0, 0.1) is 6.92 Å². The van der Waals surface area contributed by atoms with Crippen LogP contribution in [0.15, 0.2) is 46.9 Å². The molecule has 7 nitrogen and oxygen atoms in total. The molecule has 0 aliphatic rings. The van der Waals surface area contributed by atoms with Gasteiger partial charge in [0.25, 0.3) is 11.8 Å². The number of aryl methyl sites for hydroxylation is 1. The van der Waals surface area contributed by atoms with Crippen LogP contribution >= 0.6 is 11.6 Å². The number of halogens is 1. The van der Waals surface area contributed by atoms with Gasteiger partial charge in [-0.3, -0.25) is 9.59 Å². The van der Waals surface area contributed by atoms with Gasteiger partial charge in [-0.2, -0.15) is 0 Å². The van der Waals surface area contributed by atoms with Crippen molar-refractivity contribution in [3.8, 4) is 0 Å². The van der Waals surface area contributed by atoms with Crippen LogP contribution in [0.2, 0.25) is 5.02 Å². The van der Waals surface area contributed by atoms with Crippen molar-refractivity contribution in [2.45, 2.75) is 6.92 Å². The minimum atomic E-state index is -0.741. The molecule has 0 spiro atoms. The van der Waals surface area contributed by atoms with Gasteiger partial charge in [-0.05, 0) is 49.4 Å². The van der Waals surface area contributed by atoms with Crippen LogP contribution in [0.3, 0.4) is 0 Å². The molecular weight excluding hydrogens is 384 g/mol. The lowest BCUT2D eigenvalue weighted by Crippen LogP contribution is -2.21. The van der Waals surface area contributed by atoms with Crippen LogP contribution in [-0.4, -0.2) is 31.4 Å². The number of hydrogen-bond donors (Lipinski definition) is 2. The zero-order chi connectivity index (χ0) is 20.3. The van der Waals surface area contributed by atoms with Crippen molar-refractivity contribution < 1.29 is 23.5 Å². The summed E-state index contributed by atoms with van der Waals surface area (Å²) in [5.41, 5.74) is 2.04. The van der Waals surface area contributed by atoms with Crippen LogP contribution in [0.25, 0.3) is 11.0 Å². The fourth-order valence-electron chi connectivity index (χ4n) is 2.63. The third-order valence-corrected chi connectivity index (χ3v) is 4.31. The Balaban J connectivity index is 1.61. The summed E-state index contributed by atoms with van der Waals surface area (Å²) in [6.07, 6.45) is 0. The number of esters is 1. The molecule has 1 aromatic heterocycles. The van der Waals surface area contributed by atoms with E-state index in [1.807, 2.05) is 0 Å². The summed E-state index contributed by atoms with van der Waals surface area (Å²) >= 11 is 5.96. The van der Waals surface area contributed by atoms with Gasteiger partial charge in [0, 0.05) is 34.3 Å². The average molecular weight is 401 g/mol. The molecule has 2 amide bonds. The van der Waals surface area contributed by atoms with Crippen molar-refractivity contribution >= 4 is 46.0 Å². The minimum Gasteiger partial charge on any atom is -0.450 e. The standard InChI is InChI=1S/C20H17ClN2O5/c1-11-15-9-13(21)5-8-16(15)28-18(11)20(26)27-10-17(24)23-14-6-3-12(4-7-14)19(25)22-2/h3-9H,10H2,1-2H3,(H,22,25)(H,23,24). The molecule has 2 aromatic carbocycles. The minimum absolute atomic E-state index is 0.0278. The topological polar surface area (TPSA) is 97.6 Å². The summed E-state index contributed by atoms with van der Waals surface area (Å²) in [4.78, 5) is 35.8. The monoisotopic (exact) mass is 400 g/mol. The van der Waals surface area contributed by atoms with Gasteiger partial charge in [-0.25, -0.2) is 4.79 Å². The second-order valence-electron chi connectivity index (χ2n) is 5.98. The molecule has 0 saturated carbocycles. The Hall–Kier alpha value is -3.32. The molecule has 0 aliphatic heterocycles. The first-order valence-electron chi connectivity index (χ1n) is 8.37. The lowest BCUT2D eigenvalue weighted by molar-refractivity contribution is -0.119. The van der Waals surface area contributed by atoms with E-state index >= 15 is 0 Å². The van der Waals surface area contributed by atoms with Crippen molar-refractivity contribution in [1.82, 2.24) is 5.32 Å². The zero-order valence-corrected chi connectivity index (χ0v) is 15.9. The SMILES string of the molecule is CNC(=O)c1ccc(NC(=O)COC(=O)c2oc3ccc(Cl)cc3c2C)cc1. The summed E-state index contributed by atoms with van der Waals surface area (Å²) < 4.78 is 10.5. The number of carbonyl (C=O) groups is 3. The van der Waals surface area contributed by atoms with Crippen molar-refractivity contribution in [1.29, 1.82) is 0 Å². The van der Waals surface area contributed by atoms with Gasteiger partial charge in [-0.1, -0.05) is 11.6 Å². The number of ether oxygens (including phenoxy) is 1. The molecule has 3 aromatic rings. The number of nitrogens with one attached hydrogen (secondary N) is 2. The highest BCUT2D eigenvalue weighted by atomic mass is 35.5. The number of hydrogen-bond acceptors (Lipinski definition) is 5. The average Bonchev–Trinajstić information content (AvgIpc) is 3.02. The first-order chi connectivity index (χ1) is 13.4. The van der Waals surface area contributed by atoms with Crippen LogP contribution in [0.4, 0.5) is 5.69 Å². The fourth-order valence-corrected chi connectivity index (χ4v) is 2.80. The molecule has 0 aliphatic carbocycles. The second-order valence-corrected chi connectivity index (χ2v) is 6.41. The van der Waals surface area contributed by atoms with Crippen LogP contribution in [0.5, 0.6) is 0 Å². The molecule has 0 saturated heterocycles. The van der Waals surface area contributed by atoms with Crippen molar-refractivity contribution in [2.75, 3.05) is 19.0 Å². The molecule has 0 radical (unpaired) electrons. The fraction of sp³-hybridized carbons (Fsp3) is 0.150. The summed E-state index contributed by atoms with van der Waals surface area (Å²) in [7, 11) is 1.53. The van der Waals surface area contributed by atoms with Crippen molar-refractivity contribution in [3.05, 3.63) is 64.4 Å². The molecule has 0 atom stereocenters. The van der Waals surface area contributed by atoms with Gasteiger partial charge in [-0.15, -0.1) is 0 Å². The van der Waals surface area contributed by atoms with Gasteiger partial charge < -0.3 is 19.8 Å². The zero-order valence-electron chi connectivity index (χ0n) is 15.2. The summed E-state index contributed by atoms with van der Waals surface area (Å²) in [6, 6.07) is 11.3. The highest BCUT2D eigenvalue weighted by molar-refractivity contribution is 6.31. The second kappa shape index (κ2) is 8.14. The van der Waals surface area contributed by atoms with E-state index in [9.17, 15) is 14.4 Å². The number of carbonyl (C=O) groups excluding carboxylic acids is 3. The molecule has 28 heavy (non-hydrogen) atoms. The van der Waals surface area contributed by atoms with E-state index < -0.39 is 18.5 Å². The van der Waals surface area contributed by atoms with E-state index in [2.05, 4.69) is 10.6 Å². The normalized spacial score (nSPS) is 10.5. The predicted molar refractivity (Wildman–Crippen MR) is 105 cm³/mol. The highest BCUT2D eigenvalue weighted by Crippen LogP contribution is 2.28. The van der Waals surface area contributed by atoms with E-state index in [1.165, 1.54) is 7.05 Å². The summed E-state index contributed by atoms with van der Waals surface area (Å²) in [5.74, 6) is -1.46. The maximum atomic E-state index is 12.3. The molecule has 0 unspecified atom stereocenters. The Bertz CT molecular complexity index is 1060. The number of rotatable bonds is 5. The Labute approximate surface area is 165 Å². The van der Waals surface area contributed by atoms with E-state index in [-0.39, 0.29) is 11.7 Å². The first-order valence-corrected chi connectivity index (χ1v) is 8.74. The lowest BCUT2D eigenvalue weighted by atomic mass is 10.1. The molecule has 2 N–H and O–H groups in total. The smallest absolute Gasteiger partial charge is 0.375 e. The third-order valence-electron chi connectivity index (χ3n) is 4.08. The third kappa shape index (κ3) is 4.15. The molecule has 0 bridgehead atoms. The van der Waals surface area contributed by atoms with Crippen LogP contribution in [0.1, 0.15) is 26.5 Å². The molecule has 3 rings (SSSR count). The Morgan fingerprint density at radius 3 is 2.50 bits per heavy atom. The lowest BCUT2D eigenvalue weighted by Gasteiger charge is -2.07. The number of fused-ring (bicyclic) bond motifs is 1. The van der Waals surface area contributed by atoms with Crippen LogP contribution in [-0.2, 0) is 9.53 Å². The predicted octanol–water partition coefficient (Wildman–Crippen LogP) is 3.55. The van der Waals surface area contributed by atoms with E-state index in [1.54, 1.807) is 49.4 Å². The Morgan fingerprint density at radius 1 is 1.11 bits per heavy atom. The van der Waals surface area contributed by atoms with Gasteiger partial charge in [0.05, 0.1) is 0 Å². The maximum absolute atomic E-state index is 12.3. The van der Waals surface area contributed by atoms with E-state index in [4.69, 9.17) is 20.8 Å². The Morgan fingerprint density at radius 2 is 1.82 bits per heavy atom. The van der Waals surface area contributed by atoms with Crippen molar-refractivity contribution in [2.24, 2.45) is 0 Å². The number of amides is 2. The highest BCUT2D eigenvalue weighted by Gasteiger charge is 2.20. The number of furan rings is 1. The van der Waals surface area contributed by atoms with Gasteiger partial charge in [0.2, 0.25) is 5.76 Å². The van der Waals surface area contributed by atoms with Gasteiger partial charge >= 0.3 is 5.97 Å². The summed E-state index contributed by atoms with van der Waals surface area (Å²) in [5, 5.41) is 6.33. The van der Waals surface area contributed by atoms with E-state index in [0.717, 1.165) is 0 Å². The Kier molecular flexibility index (Phi) is 5.65. The maximum Gasteiger partial charge on any atom is 0.375 e.